The molecule has 21 heavy (non-hydrogen) atoms. The Morgan fingerprint density at radius 2 is 2.10 bits per heavy atom. The highest BCUT2D eigenvalue weighted by molar-refractivity contribution is 6.33. The summed E-state index contributed by atoms with van der Waals surface area (Å²) in [5.41, 5.74) is 13.4. The van der Waals surface area contributed by atoms with Crippen LogP contribution in [0.25, 0.3) is 16.6 Å². The van der Waals surface area contributed by atoms with Crippen molar-refractivity contribution in [1.29, 1.82) is 0 Å². The minimum atomic E-state index is -1.09. The molecule has 0 bridgehead atoms. The lowest BCUT2D eigenvalue weighted by atomic mass is 10.0. The zero-order chi connectivity index (χ0) is 15.1. The number of hydrogen-bond donors (Lipinski definition) is 3. The first-order valence-electron chi connectivity index (χ1n) is 5.89. The number of hydrogen-bond acceptors (Lipinski definition) is 5. The van der Waals surface area contributed by atoms with E-state index in [9.17, 15) is 9.90 Å². The van der Waals surface area contributed by atoms with Crippen molar-refractivity contribution in [3.8, 4) is 11.1 Å². The Hall–Kier alpha value is -2.80. The number of nitrogens with two attached hydrogens (primary N) is 2. The van der Waals surface area contributed by atoms with Gasteiger partial charge in [0.2, 0.25) is 0 Å². The number of nitrogens with zero attached hydrogens (tertiary/aromatic N) is 3. The lowest BCUT2D eigenvalue weighted by molar-refractivity contribution is 0.0697. The summed E-state index contributed by atoms with van der Waals surface area (Å²) >= 11 is 6.01. The van der Waals surface area contributed by atoms with Crippen LogP contribution in [0.1, 0.15) is 10.4 Å². The van der Waals surface area contributed by atoms with Crippen molar-refractivity contribution >= 4 is 34.6 Å². The summed E-state index contributed by atoms with van der Waals surface area (Å²) in [6, 6.07) is 4.87. The number of carboxylic acids is 1. The van der Waals surface area contributed by atoms with Gasteiger partial charge in [0, 0.05) is 11.8 Å². The minimum absolute atomic E-state index is 0.0584. The summed E-state index contributed by atoms with van der Waals surface area (Å²) in [7, 11) is 0. The number of nitrogen functional groups attached to an aromatic ring is 2. The van der Waals surface area contributed by atoms with Crippen LogP contribution in [0.4, 0.5) is 11.5 Å². The van der Waals surface area contributed by atoms with Crippen molar-refractivity contribution in [3.63, 3.8) is 0 Å². The zero-order valence-corrected chi connectivity index (χ0v) is 11.4. The van der Waals surface area contributed by atoms with Gasteiger partial charge in [-0.3, -0.25) is 0 Å². The summed E-state index contributed by atoms with van der Waals surface area (Å²) in [6.07, 6.45) is 2.64. The standard InChI is InChI=1S/C13H10ClN5O2/c14-8-3-6(1-2-9(8)15)10-7(13(20)21)4-19-11(10)12(16)17-5-18-19/h1-5H,15H2,(H,20,21)(H2,16,17,18). The summed E-state index contributed by atoms with van der Waals surface area (Å²) in [4.78, 5) is 15.4. The molecule has 0 spiro atoms. The molecular formula is C13H10ClN5O2. The molecule has 8 heteroatoms. The highest BCUT2D eigenvalue weighted by atomic mass is 35.5. The normalized spacial score (nSPS) is 10.9. The molecule has 1 aromatic carbocycles. The summed E-state index contributed by atoms with van der Waals surface area (Å²) in [5.74, 6) is -0.914. The highest BCUT2D eigenvalue weighted by Gasteiger charge is 2.21. The maximum atomic E-state index is 11.5. The van der Waals surface area contributed by atoms with Crippen molar-refractivity contribution in [2.45, 2.75) is 0 Å². The van der Waals surface area contributed by atoms with Gasteiger partial charge in [-0.1, -0.05) is 17.7 Å². The van der Waals surface area contributed by atoms with Crippen LogP contribution in [0, 0.1) is 0 Å². The van der Waals surface area contributed by atoms with Crippen LogP contribution in [0.5, 0.6) is 0 Å². The van der Waals surface area contributed by atoms with Gasteiger partial charge in [-0.15, -0.1) is 0 Å². The highest BCUT2D eigenvalue weighted by Crippen LogP contribution is 2.35. The van der Waals surface area contributed by atoms with Gasteiger partial charge in [-0.25, -0.2) is 14.3 Å². The van der Waals surface area contributed by atoms with Crippen molar-refractivity contribution in [2.24, 2.45) is 0 Å². The van der Waals surface area contributed by atoms with Crippen LogP contribution >= 0.6 is 11.6 Å². The Morgan fingerprint density at radius 1 is 1.33 bits per heavy atom. The Balaban J connectivity index is 2.41. The number of halogens is 1. The fraction of sp³-hybridized carbons (Fsp3) is 0. The van der Waals surface area contributed by atoms with Gasteiger partial charge in [0.25, 0.3) is 0 Å². The van der Waals surface area contributed by atoms with E-state index in [1.807, 2.05) is 0 Å². The SMILES string of the molecule is Nc1ccc(-c2c(C(=O)O)cn3ncnc(N)c23)cc1Cl. The lowest BCUT2D eigenvalue weighted by Gasteiger charge is -2.06. The number of aromatic nitrogens is 3. The van der Waals surface area contributed by atoms with Crippen LogP contribution < -0.4 is 11.5 Å². The molecule has 0 unspecified atom stereocenters. The number of anilines is 2. The first kappa shape index (κ1) is 13.2. The van der Waals surface area contributed by atoms with E-state index in [1.165, 1.54) is 17.0 Å². The van der Waals surface area contributed by atoms with E-state index < -0.39 is 5.97 Å². The topological polar surface area (TPSA) is 120 Å². The first-order valence-corrected chi connectivity index (χ1v) is 6.27. The van der Waals surface area contributed by atoms with E-state index in [2.05, 4.69) is 10.1 Å². The first-order chi connectivity index (χ1) is 9.99. The molecule has 0 aliphatic carbocycles. The van der Waals surface area contributed by atoms with Crippen LogP contribution in [0.15, 0.2) is 30.7 Å². The molecule has 3 aromatic rings. The van der Waals surface area contributed by atoms with E-state index >= 15 is 0 Å². The monoisotopic (exact) mass is 303 g/mol. The largest absolute Gasteiger partial charge is 0.478 e. The van der Waals surface area contributed by atoms with Crippen molar-refractivity contribution in [2.75, 3.05) is 11.5 Å². The van der Waals surface area contributed by atoms with E-state index in [-0.39, 0.29) is 11.4 Å². The Bertz CT molecular complexity index is 874. The molecule has 3 rings (SSSR count). The third-order valence-electron chi connectivity index (χ3n) is 3.12. The summed E-state index contributed by atoms with van der Waals surface area (Å²) in [6.45, 7) is 0. The maximum absolute atomic E-state index is 11.5. The summed E-state index contributed by atoms with van der Waals surface area (Å²) in [5, 5.41) is 13.7. The number of fused-ring (bicyclic) bond motifs is 1. The number of carbonyl (C=O) groups is 1. The third kappa shape index (κ3) is 2.03. The van der Waals surface area contributed by atoms with E-state index in [1.54, 1.807) is 18.2 Å². The third-order valence-corrected chi connectivity index (χ3v) is 3.45. The second-order valence-corrected chi connectivity index (χ2v) is 4.80. The number of benzene rings is 1. The zero-order valence-electron chi connectivity index (χ0n) is 10.6. The average Bonchev–Trinajstić information content (AvgIpc) is 2.83. The van der Waals surface area contributed by atoms with Crippen molar-refractivity contribution < 1.29 is 9.90 Å². The van der Waals surface area contributed by atoms with E-state index in [4.69, 9.17) is 23.1 Å². The maximum Gasteiger partial charge on any atom is 0.337 e. The molecule has 7 nitrogen and oxygen atoms in total. The second-order valence-electron chi connectivity index (χ2n) is 4.40. The minimum Gasteiger partial charge on any atom is -0.478 e. The van der Waals surface area contributed by atoms with Gasteiger partial charge in [-0.2, -0.15) is 5.10 Å². The van der Waals surface area contributed by atoms with E-state index in [0.717, 1.165) is 0 Å². The Morgan fingerprint density at radius 3 is 2.76 bits per heavy atom. The number of rotatable bonds is 2. The second kappa shape index (κ2) is 4.64. The Kier molecular flexibility index (Phi) is 2.91. The summed E-state index contributed by atoms with van der Waals surface area (Å²) < 4.78 is 1.38. The molecule has 2 aromatic heterocycles. The van der Waals surface area contributed by atoms with Crippen molar-refractivity contribution in [3.05, 3.63) is 41.3 Å². The molecular weight excluding hydrogens is 294 g/mol. The van der Waals surface area contributed by atoms with Crippen LogP contribution in [0.3, 0.4) is 0 Å². The molecule has 0 saturated heterocycles. The van der Waals surface area contributed by atoms with Gasteiger partial charge in [0.1, 0.15) is 11.8 Å². The predicted molar refractivity (Wildman–Crippen MR) is 79.2 cm³/mol. The molecule has 0 aliphatic heterocycles. The molecule has 2 heterocycles. The molecule has 0 radical (unpaired) electrons. The molecule has 5 N–H and O–H groups in total. The number of aromatic carboxylic acids is 1. The van der Waals surface area contributed by atoms with Crippen LogP contribution in [-0.2, 0) is 0 Å². The molecule has 106 valence electrons. The average molecular weight is 304 g/mol. The van der Waals surface area contributed by atoms with Gasteiger partial charge < -0.3 is 16.6 Å². The van der Waals surface area contributed by atoms with Crippen LogP contribution in [0.2, 0.25) is 5.02 Å². The molecule has 0 amide bonds. The lowest BCUT2D eigenvalue weighted by Crippen LogP contribution is -1.99. The molecule has 0 atom stereocenters. The van der Waals surface area contributed by atoms with Gasteiger partial charge in [0.15, 0.2) is 5.82 Å². The number of carboxylic acid groups (broad SMARTS) is 1. The predicted octanol–water partition coefficient (Wildman–Crippen LogP) is 1.91. The fourth-order valence-electron chi connectivity index (χ4n) is 2.17. The van der Waals surface area contributed by atoms with Gasteiger partial charge >= 0.3 is 5.97 Å². The molecule has 0 saturated carbocycles. The van der Waals surface area contributed by atoms with Crippen LogP contribution in [-0.4, -0.2) is 25.7 Å². The molecule has 0 fully saturated rings. The molecule has 0 aliphatic rings. The van der Waals surface area contributed by atoms with Crippen molar-refractivity contribution in [1.82, 2.24) is 14.6 Å². The van der Waals surface area contributed by atoms with Gasteiger partial charge in [0.05, 0.1) is 16.3 Å². The fourth-order valence-corrected chi connectivity index (χ4v) is 2.35. The van der Waals surface area contributed by atoms with E-state index in [0.29, 0.717) is 27.4 Å². The Labute approximate surface area is 123 Å². The smallest absolute Gasteiger partial charge is 0.337 e. The van der Waals surface area contributed by atoms with Gasteiger partial charge in [-0.05, 0) is 17.7 Å². The quantitative estimate of drug-likeness (QED) is 0.622.